The van der Waals surface area contributed by atoms with Crippen molar-refractivity contribution < 1.29 is 0 Å². The maximum absolute atomic E-state index is 8.43. The van der Waals surface area contributed by atoms with Crippen LogP contribution in [-0.2, 0) is 0 Å². The molecule has 0 aromatic rings. The number of hydrogen-bond acceptors (Lipinski definition) is 2. The highest BCUT2D eigenvalue weighted by Crippen LogP contribution is 1.93. The monoisotopic (exact) mass is 160 g/mol. The lowest BCUT2D eigenvalue weighted by Gasteiger charge is -1.98. The molecule has 0 aliphatic carbocycles. The van der Waals surface area contributed by atoms with Crippen molar-refractivity contribution in [3.8, 4) is 18.4 Å². The van der Waals surface area contributed by atoms with E-state index in [1.165, 1.54) is 0 Å². The van der Waals surface area contributed by atoms with Crippen molar-refractivity contribution in [3.63, 3.8) is 0 Å². The van der Waals surface area contributed by atoms with E-state index in [4.69, 9.17) is 11.7 Å². The van der Waals surface area contributed by atoms with Crippen LogP contribution in [0.25, 0.3) is 0 Å². The van der Waals surface area contributed by atoms with E-state index in [-0.39, 0.29) is 0 Å². The van der Waals surface area contributed by atoms with Crippen LogP contribution in [0.2, 0.25) is 0 Å². The van der Waals surface area contributed by atoms with Crippen molar-refractivity contribution in [1.82, 2.24) is 5.32 Å². The highest BCUT2D eigenvalue weighted by Gasteiger charge is 1.85. The molecule has 0 saturated heterocycles. The zero-order valence-electron chi connectivity index (χ0n) is 7.39. The Bertz CT molecular complexity index is 271. The number of nitrogens with one attached hydrogen (secondary N) is 1. The Labute approximate surface area is 73.6 Å². The first-order valence-corrected chi connectivity index (χ1v) is 3.73. The smallest absolute Gasteiger partial charge is 0.0944 e. The molecule has 0 saturated carbocycles. The molecule has 1 N–H and O–H groups in total. The molecule has 0 heterocycles. The van der Waals surface area contributed by atoms with Gasteiger partial charge in [0.2, 0.25) is 0 Å². The Balaban J connectivity index is 4.35. The van der Waals surface area contributed by atoms with E-state index >= 15 is 0 Å². The van der Waals surface area contributed by atoms with Crippen LogP contribution in [0.5, 0.6) is 0 Å². The minimum Gasteiger partial charge on any atom is -0.379 e. The van der Waals surface area contributed by atoms with Gasteiger partial charge in [0.05, 0.1) is 11.8 Å². The van der Waals surface area contributed by atoms with Crippen molar-refractivity contribution in [2.24, 2.45) is 0 Å². The molecular weight excluding hydrogens is 148 g/mol. The lowest BCUT2D eigenvalue weighted by atomic mass is 10.3. The van der Waals surface area contributed by atoms with Crippen LogP contribution in [0.3, 0.4) is 0 Å². The summed E-state index contributed by atoms with van der Waals surface area (Å²) in [6.07, 6.45) is 8.61. The number of nitrogens with zero attached hydrogens (tertiary/aromatic N) is 1. The highest BCUT2D eigenvalue weighted by atomic mass is 14.9. The average molecular weight is 160 g/mol. The molecule has 0 amide bonds. The van der Waals surface area contributed by atoms with Gasteiger partial charge in [-0.15, -0.1) is 6.42 Å². The highest BCUT2D eigenvalue weighted by molar-refractivity contribution is 5.32. The van der Waals surface area contributed by atoms with Crippen molar-refractivity contribution in [1.29, 1.82) is 5.26 Å². The summed E-state index contributed by atoms with van der Waals surface area (Å²) in [7, 11) is 0. The zero-order chi connectivity index (χ0) is 9.40. The molecule has 0 unspecified atom stereocenters. The van der Waals surface area contributed by atoms with Gasteiger partial charge in [0.25, 0.3) is 0 Å². The number of allylic oxidation sites excluding steroid dienone is 4. The molecule has 0 bridgehead atoms. The van der Waals surface area contributed by atoms with Crippen LogP contribution in [0.15, 0.2) is 23.4 Å². The molecule has 12 heavy (non-hydrogen) atoms. The molecule has 0 radical (unpaired) electrons. The lowest BCUT2D eigenvalue weighted by molar-refractivity contribution is 0.886. The standard InChI is InChI=1S/C10H12N2/c1-4-10(12-5-2)7-6-9(3)8-11/h1,6-7,12H,5H2,2-3H3/b9-6+,10-7+. The van der Waals surface area contributed by atoms with Gasteiger partial charge in [0.1, 0.15) is 0 Å². The Morgan fingerprint density at radius 1 is 1.58 bits per heavy atom. The van der Waals surface area contributed by atoms with E-state index in [2.05, 4.69) is 11.2 Å². The summed E-state index contributed by atoms with van der Waals surface area (Å²) >= 11 is 0. The second-order valence-corrected chi connectivity index (χ2v) is 2.22. The SMILES string of the molecule is C#C/C(=C\C=C(/C)C#N)NCC. The van der Waals surface area contributed by atoms with Crippen molar-refractivity contribution in [2.45, 2.75) is 13.8 Å². The molecule has 0 aromatic carbocycles. The molecule has 0 rings (SSSR count). The largest absolute Gasteiger partial charge is 0.379 e. The molecule has 0 aromatic heterocycles. The third-order valence-electron chi connectivity index (χ3n) is 1.20. The second kappa shape index (κ2) is 6.07. The van der Waals surface area contributed by atoms with E-state index < -0.39 is 0 Å². The van der Waals surface area contributed by atoms with E-state index in [1.54, 1.807) is 19.1 Å². The third kappa shape index (κ3) is 4.19. The Morgan fingerprint density at radius 2 is 2.25 bits per heavy atom. The molecule has 0 spiro atoms. The number of terminal acetylenes is 1. The summed E-state index contributed by atoms with van der Waals surface area (Å²) in [4.78, 5) is 0. The van der Waals surface area contributed by atoms with E-state index in [1.807, 2.05) is 13.0 Å². The van der Waals surface area contributed by atoms with Crippen LogP contribution < -0.4 is 5.32 Å². The van der Waals surface area contributed by atoms with E-state index in [0.717, 1.165) is 6.54 Å². The summed E-state index contributed by atoms with van der Waals surface area (Å²) in [6.45, 7) is 4.48. The Hall–Kier alpha value is -1.67. The number of nitriles is 1. The summed E-state index contributed by atoms with van der Waals surface area (Å²) in [6, 6.07) is 2.01. The summed E-state index contributed by atoms with van der Waals surface area (Å²) < 4.78 is 0. The van der Waals surface area contributed by atoms with Crippen LogP contribution in [0.1, 0.15) is 13.8 Å². The van der Waals surface area contributed by atoms with Crippen LogP contribution >= 0.6 is 0 Å². The minimum atomic E-state index is 0.639. The van der Waals surface area contributed by atoms with Crippen molar-refractivity contribution >= 4 is 0 Å². The second-order valence-electron chi connectivity index (χ2n) is 2.22. The molecule has 0 fully saturated rings. The van der Waals surface area contributed by atoms with E-state index in [0.29, 0.717) is 11.3 Å². The Morgan fingerprint density at radius 3 is 2.67 bits per heavy atom. The zero-order valence-corrected chi connectivity index (χ0v) is 7.39. The average Bonchev–Trinajstić information content (AvgIpc) is 2.11. The normalized spacial score (nSPS) is 11.7. The van der Waals surface area contributed by atoms with Gasteiger partial charge in [-0.25, -0.2) is 0 Å². The van der Waals surface area contributed by atoms with Crippen molar-refractivity contribution in [2.75, 3.05) is 6.54 Å². The third-order valence-corrected chi connectivity index (χ3v) is 1.20. The van der Waals surface area contributed by atoms with Crippen molar-refractivity contribution in [3.05, 3.63) is 23.4 Å². The first-order chi connectivity index (χ1) is 5.74. The van der Waals surface area contributed by atoms with Crippen LogP contribution in [0.4, 0.5) is 0 Å². The van der Waals surface area contributed by atoms with E-state index in [9.17, 15) is 0 Å². The fourth-order valence-corrected chi connectivity index (χ4v) is 0.594. The molecular formula is C10H12N2. The maximum atomic E-state index is 8.43. The fourth-order valence-electron chi connectivity index (χ4n) is 0.594. The summed E-state index contributed by atoms with van der Waals surface area (Å²) in [5.74, 6) is 2.48. The molecule has 0 aliphatic heterocycles. The molecule has 0 aliphatic rings. The Kier molecular flexibility index (Phi) is 5.22. The van der Waals surface area contributed by atoms with Crippen LogP contribution in [0, 0.1) is 23.7 Å². The van der Waals surface area contributed by atoms with Crippen LogP contribution in [-0.4, -0.2) is 6.54 Å². The summed E-state index contributed by atoms with van der Waals surface area (Å²) in [5.41, 5.74) is 1.34. The maximum Gasteiger partial charge on any atom is 0.0944 e. The first-order valence-electron chi connectivity index (χ1n) is 3.73. The first kappa shape index (κ1) is 10.3. The molecule has 2 heteroatoms. The van der Waals surface area contributed by atoms with Gasteiger partial charge in [-0.2, -0.15) is 5.26 Å². The van der Waals surface area contributed by atoms with Gasteiger partial charge in [-0.1, -0.05) is 5.92 Å². The van der Waals surface area contributed by atoms with Gasteiger partial charge >= 0.3 is 0 Å². The van der Waals surface area contributed by atoms with Gasteiger partial charge in [-0.05, 0) is 26.0 Å². The number of hydrogen-bond donors (Lipinski definition) is 1. The van der Waals surface area contributed by atoms with Gasteiger partial charge in [0, 0.05) is 12.1 Å². The number of rotatable bonds is 3. The molecule has 2 nitrogen and oxygen atoms in total. The molecule has 0 atom stereocenters. The van der Waals surface area contributed by atoms with Gasteiger partial charge in [-0.3, -0.25) is 0 Å². The fraction of sp³-hybridized carbons (Fsp3) is 0.300. The molecule has 62 valence electrons. The minimum absolute atomic E-state index is 0.639. The lowest BCUT2D eigenvalue weighted by Crippen LogP contribution is -2.09. The summed E-state index contributed by atoms with van der Waals surface area (Å²) in [5, 5.41) is 11.4. The topological polar surface area (TPSA) is 35.8 Å². The van der Waals surface area contributed by atoms with Gasteiger partial charge < -0.3 is 5.32 Å². The predicted molar refractivity (Wildman–Crippen MR) is 50.0 cm³/mol. The van der Waals surface area contributed by atoms with Gasteiger partial charge in [0.15, 0.2) is 0 Å². The quantitative estimate of drug-likeness (QED) is 0.386. The predicted octanol–water partition coefficient (Wildman–Crippen LogP) is 1.58.